The van der Waals surface area contributed by atoms with Gasteiger partial charge in [-0.05, 0) is 19.1 Å². The molecule has 0 amide bonds. The van der Waals surface area contributed by atoms with E-state index in [1.54, 1.807) is 6.07 Å². The Morgan fingerprint density at radius 1 is 1.50 bits per heavy atom. The second-order valence-corrected chi connectivity index (χ2v) is 3.24. The van der Waals surface area contributed by atoms with Crippen LogP contribution in [0.1, 0.15) is 5.69 Å². The molecule has 0 spiro atoms. The molecule has 0 saturated carbocycles. The summed E-state index contributed by atoms with van der Waals surface area (Å²) in [5.41, 5.74) is 1.69. The van der Waals surface area contributed by atoms with Gasteiger partial charge in [0.25, 0.3) is 0 Å². The van der Waals surface area contributed by atoms with Gasteiger partial charge in [-0.1, -0.05) is 12.1 Å². The largest absolute Gasteiger partial charge is 0.505 e. The number of rotatable bonds is 2. The number of benzene rings is 1. The van der Waals surface area contributed by atoms with Crippen LogP contribution in [-0.2, 0) is 6.54 Å². The first-order valence-corrected chi connectivity index (χ1v) is 4.55. The van der Waals surface area contributed by atoms with Crippen LogP contribution in [0.2, 0.25) is 0 Å². The fraction of sp³-hybridized carbons (Fsp3) is 0.273. The normalized spacial score (nSPS) is 11.0. The summed E-state index contributed by atoms with van der Waals surface area (Å²) < 4.78 is 1.89. The quantitative estimate of drug-likeness (QED) is 0.752. The molecule has 0 unspecified atom stereocenters. The van der Waals surface area contributed by atoms with E-state index in [4.69, 9.17) is 5.11 Å². The summed E-state index contributed by atoms with van der Waals surface area (Å²) in [6, 6.07) is 8.54. The molecule has 2 aromatic rings. The Bertz CT molecular complexity index is 460. The molecule has 1 radical (unpaired) electrons. The lowest BCUT2D eigenvalue weighted by Gasteiger charge is -2.04. The lowest BCUT2D eigenvalue weighted by atomic mass is 10.2. The summed E-state index contributed by atoms with van der Waals surface area (Å²) in [5, 5.41) is 19.4. The van der Waals surface area contributed by atoms with Gasteiger partial charge in [0.1, 0.15) is 5.75 Å². The molecule has 0 atom stereocenters. The van der Waals surface area contributed by atoms with Crippen LogP contribution in [0.3, 0.4) is 0 Å². The predicted molar refractivity (Wildman–Crippen MR) is 54.3 cm³/mol. The van der Waals surface area contributed by atoms with Crippen molar-refractivity contribution in [1.29, 1.82) is 0 Å². The number of hydrogen-bond donors (Lipinski definition) is 2. The Balaban J connectivity index is 2.74. The molecule has 0 bridgehead atoms. The molecule has 1 aromatic heterocycles. The van der Waals surface area contributed by atoms with Gasteiger partial charge in [0.2, 0.25) is 0 Å². The first kappa shape index (κ1) is 9.09. The maximum atomic E-state index is 9.77. The molecule has 0 aliphatic rings. The maximum absolute atomic E-state index is 9.77. The molecule has 2 rings (SSSR count). The highest BCUT2D eigenvalue weighted by Gasteiger charge is 2.11. The van der Waals surface area contributed by atoms with Crippen LogP contribution in [0.25, 0.3) is 10.9 Å². The number of nitrogens with zero attached hydrogens (tertiary/aromatic N) is 1. The van der Waals surface area contributed by atoms with Crippen LogP contribution in [-0.4, -0.2) is 21.4 Å². The van der Waals surface area contributed by atoms with E-state index in [9.17, 15) is 5.11 Å². The minimum atomic E-state index is 0.0684. The first-order chi connectivity index (χ1) is 6.75. The first-order valence-electron chi connectivity index (χ1n) is 4.55. The van der Waals surface area contributed by atoms with Gasteiger partial charge in [-0.15, -0.1) is 0 Å². The summed E-state index contributed by atoms with van der Waals surface area (Å²) in [6.07, 6.45) is 0. The zero-order chi connectivity index (χ0) is 10.1. The van der Waals surface area contributed by atoms with Gasteiger partial charge in [-0.3, -0.25) is 0 Å². The van der Waals surface area contributed by atoms with Gasteiger partial charge >= 0.3 is 0 Å². The third-order valence-corrected chi connectivity index (χ3v) is 2.43. The fourth-order valence-electron chi connectivity index (χ4n) is 1.72. The van der Waals surface area contributed by atoms with Crippen molar-refractivity contribution >= 4 is 10.9 Å². The van der Waals surface area contributed by atoms with Gasteiger partial charge in [0.05, 0.1) is 17.8 Å². The lowest BCUT2D eigenvalue weighted by molar-refractivity contribution is 0.276. The molecule has 3 nitrogen and oxygen atoms in total. The monoisotopic (exact) mass is 190 g/mol. The molecule has 14 heavy (non-hydrogen) atoms. The number of aromatic nitrogens is 1. The zero-order valence-electron chi connectivity index (χ0n) is 7.99. The Kier molecular flexibility index (Phi) is 2.17. The predicted octanol–water partition coefficient (Wildman–Crippen LogP) is 1.45. The molecule has 1 heterocycles. The number of aliphatic hydroxyl groups excluding tert-OH is 1. The average Bonchev–Trinajstić information content (AvgIpc) is 2.45. The summed E-state index contributed by atoms with van der Waals surface area (Å²) in [6.45, 7) is 2.40. The van der Waals surface area contributed by atoms with E-state index in [0.29, 0.717) is 6.54 Å². The van der Waals surface area contributed by atoms with Crippen molar-refractivity contribution in [2.45, 2.75) is 13.5 Å². The molecule has 73 valence electrons. The highest BCUT2D eigenvalue weighted by atomic mass is 16.3. The van der Waals surface area contributed by atoms with Crippen LogP contribution in [0.4, 0.5) is 0 Å². The average molecular weight is 190 g/mol. The number of aliphatic hydroxyl groups is 1. The summed E-state index contributed by atoms with van der Waals surface area (Å²) >= 11 is 0. The fourth-order valence-corrected chi connectivity index (χ4v) is 1.72. The SMILES string of the molecule is Cc1c(O)c2[c]cccc2n1CCO. The van der Waals surface area contributed by atoms with Crippen molar-refractivity contribution in [2.75, 3.05) is 6.61 Å². The Labute approximate surface area is 82.2 Å². The molecule has 0 fully saturated rings. The lowest BCUT2D eigenvalue weighted by Crippen LogP contribution is -2.03. The Morgan fingerprint density at radius 3 is 3.00 bits per heavy atom. The second-order valence-electron chi connectivity index (χ2n) is 3.24. The van der Waals surface area contributed by atoms with Crippen molar-refractivity contribution in [3.05, 3.63) is 30.0 Å². The van der Waals surface area contributed by atoms with Crippen LogP contribution in [0.5, 0.6) is 5.75 Å². The van der Waals surface area contributed by atoms with Crippen LogP contribution in [0.15, 0.2) is 18.2 Å². The highest BCUT2D eigenvalue weighted by Crippen LogP contribution is 2.30. The van der Waals surface area contributed by atoms with E-state index >= 15 is 0 Å². The molecular formula is C11H12NO2. The topological polar surface area (TPSA) is 45.4 Å². The molecule has 2 N–H and O–H groups in total. The van der Waals surface area contributed by atoms with Crippen molar-refractivity contribution in [2.24, 2.45) is 0 Å². The van der Waals surface area contributed by atoms with E-state index in [2.05, 4.69) is 6.07 Å². The van der Waals surface area contributed by atoms with E-state index in [1.165, 1.54) is 0 Å². The summed E-state index contributed by atoms with van der Waals surface area (Å²) in [5.74, 6) is 0.258. The van der Waals surface area contributed by atoms with E-state index < -0.39 is 0 Å². The Morgan fingerprint density at radius 2 is 2.29 bits per heavy atom. The van der Waals surface area contributed by atoms with Gasteiger partial charge in [-0.25, -0.2) is 0 Å². The van der Waals surface area contributed by atoms with Crippen LogP contribution in [0, 0.1) is 13.0 Å². The third-order valence-electron chi connectivity index (χ3n) is 2.43. The van der Waals surface area contributed by atoms with Crippen molar-refractivity contribution in [3.8, 4) is 5.75 Å². The molecule has 3 heteroatoms. The molecule has 1 aromatic carbocycles. The van der Waals surface area contributed by atoms with Crippen LogP contribution < -0.4 is 0 Å². The van der Waals surface area contributed by atoms with Crippen LogP contribution >= 0.6 is 0 Å². The molecule has 0 aliphatic carbocycles. The molecular weight excluding hydrogens is 178 g/mol. The minimum Gasteiger partial charge on any atom is -0.505 e. The van der Waals surface area contributed by atoms with Gasteiger partial charge in [0.15, 0.2) is 0 Å². The molecule has 0 aliphatic heterocycles. The van der Waals surface area contributed by atoms with E-state index in [-0.39, 0.29) is 12.4 Å². The summed E-state index contributed by atoms with van der Waals surface area (Å²) in [4.78, 5) is 0. The summed E-state index contributed by atoms with van der Waals surface area (Å²) in [7, 11) is 0. The second kappa shape index (κ2) is 3.35. The third kappa shape index (κ3) is 1.17. The van der Waals surface area contributed by atoms with Crippen molar-refractivity contribution in [1.82, 2.24) is 4.57 Å². The van der Waals surface area contributed by atoms with Gasteiger partial charge in [0, 0.05) is 11.9 Å². The number of aromatic hydroxyl groups is 1. The Hall–Kier alpha value is -1.48. The van der Waals surface area contributed by atoms with Crippen molar-refractivity contribution in [3.63, 3.8) is 0 Å². The smallest absolute Gasteiger partial charge is 0.144 e. The van der Waals surface area contributed by atoms with E-state index in [0.717, 1.165) is 16.6 Å². The van der Waals surface area contributed by atoms with Gasteiger partial charge in [-0.2, -0.15) is 0 Å². The number of hydrogen-bond acceptors (Lipinski definition) is 2. The highest BCUT2D eigenvalue weighted by molar-refractivity contribution is 5.87. The minimum absolute atomic E-state index is 0.0684. The standard InChI is InChI=1S/C11H12NO2/c1-8-11(14)9-4-2-3-5-10(9)12(8)6-7-13/h2-3,5,13-14H,6-7H2,1H3. The molecule has 0 saturated heterocycles. The number of fused-ring (bicyclic) bond motifs is 1. The van der Waals surface area contributed by atoms with Crippen molar-refractivity contribution < 1.29 is 10.2 Å². The zero-order valence-corrected chi connectivity index (χ0v) is 7.99. The van der Waals surface area contributed by atoms with E-state index in [1.807, 2.05) is 23.6 Å². The maximum Gasteiger partial charge on any atom is 0.144 e. The van der Waals surface area contributed by atoms with Gasteiger partial charge < -0.3 is 14.8 Å².